The van der Waals surface area contributed by atoms with Gasteiger partial charge >= 0.3 is 6.36 Å². The Balaban J connectivity index is 1.93. The van der Waals surface area contributed by atoms with Gasteiger partial charge < -0.3 is 15.2 Å². The van der Waals surface area contributed by atoms with Crippen LogP contribution in [0.4, 0.5) is 18.9 Å². The average Bonchev–Trinajstić information content (AvgIpc) is 2.83. The van der Waals surface area contributed by atoms with Gasteiger partial charge in [0.1, 0.15) is 5.75 Å². The molecule has 0 spiro atoms. The summed E-state index contributed by atoms with van der Waals surface area (Å²) in [6.07, 6.45) is -4.93. The van der Waals surface area contributed by atoms with Gasteiger partial charge in [0, 0.05) is 16.8 Å². The second-order valence-corrected chi connectivity index (χ2v) is 11.3. The number of rotatable bonds is 8. The molecule has 0 aliphatic heterocycles. The highest BCUT2D eigenvalue weighted by atomic mass is 35.5. The molecule has 198 valence electrons. The summed E-state index contributed by atoms with van der Waals surface area (Å²) in [6, 6.07) is 13.5. The number of sulfone groups is 1. The van der Waals surface area contributed by atoms with Gasteiger partial charge in [0.25, 0.3) is 0 Å². The average molecular weight is 576 g/mol. The van der Waals surface area contributed by atoms with Crippen LogP contribution in [0.3, 0.4) is 0 Å². The Morgan fingerprint density at radius 1 is 1.03 bits per heavy atom. The van der Waals surface area contributed by atoms with Crippen LogP contribution in [0.15, 0.2) is 65.6 Å². The standard InChI is InChI=1S/C25H22Cl2F3NO5S/c1-3-37(34,35)17-10-8-15(9-11-17)24(2,14-32)23(33)31-16-12-19(26)22(20(27)13-16)18-6-4-5-7-21(18)36-25(28,29)30/h4-13,32H,3,14H2,1-2H3,(H,31,33). The molecule has 37 heavy (non-hydrogen) atoms. The number of para-hydroxylation sites is 1. The van der Waals surface area contributed by atoms with E-state index in [9.17, 15) is 31.5 Å². The van der Waals surface area contributed by atoms with Gasteiger partial charge in [-0.25, -0.2) is 8.42 Å². The normalized spacial score (nSPS) is 13.6. The quantitative estimate of drug-likeness (QED) is 0.331. The maximum atomic E-state index is 13.2. The summed E-state index contributed by atoms with van der Waals surface area (Å²) < 4.78 is 66.8. The van der Waals surface area contributed by atoms with E-state index in [1.165, 1.54) is 68.4 Å². The highest BCUT2D eigenvalue weighted by molar-refractivity contribution is 7.91. The third-order valence-electron chi connectivity index (χ3n) is 5.73. The molecule has 3 rings (SSSR count). The van der Waals surface area contributed by atoms with Crippen molar-refractivity contribution in [1.29, 1.82) is 0 Å². The van der Waals surface area contributed by atoms with Gasteiger partial charge in [-0.1, -0.05) is 60.5 Å². The molecule has 0 fully saturated rings. The number of ether oxygens (including phenoxy) is 1. The van der Waals surface area contributed by atoms with Gasteiger partial charge in [0.2, 0.25) is 5.91 Å². The second kappa shape index (κ2) is 10.9. The number of hydrogen-bond donors (Lipinski definition) is 2. The number of aliphatic hydroxyl groups excluding tert-OH is 1. The zero-order valence-electron chi connectivity index (χ0n) is 19.6. The van der Waals surface area contributed by atoms with Crippen molar-refractivity contribution in [3.8, 4) is 16.9 Å². The zero-order chi connectivity index (χ0) is 27.6. The van der Waals surface area contributed by atoms with Crippen LogP contribution in [0.25, 0.3) is 11.1 Å². The van der Waals surface area contributed by atoms with Crippen LogP contribution < -0.4 is 10.1 Å². The fraction of sp³-hybridized carbons (Fsp3) is 0.240. The molecule has 6 nitrogen and oxygen atoms in total. The van der Waals surface area contributed by atoms with Crippen molar-refractivity contribution < 1.29 is 36.2 Å². The van der Waals surface area contributed by atoms with Crippen LogP contribution in [0.1, 0.15) is 19.4 Å². The molecule has 0 aliphatic carbocycles. The number of benzene rings is 3. The van der Waals surface area contributed by atoms with Crippen LogP contribution in [-0.4, -0.2) is 38.2 Å². The molecule has 1 amide bonds. The maximum Gasteiger partial charge on any atom is 0.573 e. The van der Waals surface area contributed by atoms with Crippen molar-refractivity contribution in [2.24, 2.45) is 0 Å². The van der Waals surface area contributed by atoms with Crippen LogP contribution >= 0.6 is 23.2 Å². The summed E-state index contributed by atoms with van der Waals surface area (Å²) in [5.41, 5.74) is -0.925. The molecule has 0 radical (unpaired) electrons. The number of carbonyl (C=O) groups excluding carboxylic acids is 1. The Morgan fingerprint density at radius 3 is 2.11 bits per heavy atom. The Kier molecular flexibility index (Phi) is 8.48. The molecule has 12 heteroatoms. The van der Waals surface area contributed by atoms with E-state index in [1.807, 2.05) is 0 Å². The van der Waals surface area contributed by atoms with Gasteiger partial charge in [-0.2, -0.15) is 0 Å². The van der Waals surface area contributed by atoms with E-state index in [0.717, 1.165) is 6.07 Å². The molecule has 0 aromatic heterocycles. The summed E-state index contributed by atoms with van der Waals surface area (Å²) in [5.74, 6) is -1.24. The molecule has 0 saturated heterocycles. The summed E-state index contributed by atoms with van der Waals surface area (Å²) in [7, 11) is -3.45. The van der Waals surface area contributed by atoms with Crippen molar-refractivity contribution >= 4 is 44.6 Å². The molecule has 2 N–H and O–H groups in total. The van der Waals surface area contributed by atoms with Crippen LogP contribution in [0, 0.1) is 0 Å². The lowest BCUT2D eigenvalue weighted by Gasteiger charge is -2.27. The lowest BCUT2D eigenvalue weighted by Crippen LogP contribution is -2.41. The van der Waals surface area contributed by atoms with Crippen molar-refractivity contribution in [2.45, 2.75) is 30.5 Å². The predicted octanol–water partition coefficient (Wildman–Crippen LogP) is 6.24. The number of alkyl halides is 3. The monoisotopic (exact) mass is 575 g/mol. The van der Waals surface area contributed by atoms with Crippen LogP contribution in [-0.2, 0) is 20.0 Å². The van der Waals surface area contributed by atoms with E-state index in [4.69, 9.17) is 23.2 Å². The fourth-order valence-corrected chi connectivity index (χ4v) is 5.12. The molecular weight excluding hydrogens is 554 g/mol. The lowest BCUT2D eigenvalue weighted by molar-refractivity contribution is -0.274. The topological polar surface area (TPSA) is 92.7 Å². The van der Waals surface area contributed by atoms with E-state index in [0.29, 0.717) is 5.56 Å². The van der Waals surface area contributed by atoms with Crippen molar-refractivity contribution in [3.63, 3.8) is 0 Å². The summed E-state index contributed by atoms with van der Waals surface area (Å²) in [6.45, 7) is 2.37. The Bertz CT molecular complexity index is 1390. The van der Waals surface area contributed by atoms with Gasteiger partial charge in [0.15, 0.2) is 9.84 Å². The van der Waals surface area contributed by atoms with Crippen molar-refractivity contribution in [3.05, 3.63) is 76.3 Å². The minimum absolute atomic E-state index is 0.00461. The number of halogens is 5. The fourth-order valence-electron chi connectivity index (χ4n) is 3.55. The number of aliphatic hydroxyl groups is 1. The van der Waals surface area contributed by atoms with Gasteiger partial charge in [-0.15, -0.1) is 13.2 Å². The third kappa shape index (κ3) is 6.38. The Morgan fingerprint density at radius 2 is 1.59 bits per heavy atom. The number of anilines is 1. The molecule has 0 aliphatic rings. The van der Waals surface area contributed by atoms with Gasteiger partial charge in [-0.3, -0.25) is 4.79 Å². The first-order chi connectivity index (χ1) is 17.2. The predicted molar refractivity (Wildman–Crippen MR) is 136 cm³/mol. The minimum atomic E-state index is -4.93. The Labute approximate surface area is 221 Å². The van der Waals surface area contributed by atoms with E-state index >= 15 is 0 Å². The first-order valence-electron chi connectivity index (χ1n) is 10.8. The van der Waals surface area contributed by atoms with E-state index in [1.54, 1.807) is 0 Å². The van der Waals surface area contributed by atoms with Gasteiger partial charge in [0.05, 0.1) is 32.7 Å². The molecule has 3 aromatic rings. The molecule has 3 aromatic carbocycles. The number of carbonyl (C=O) groups is 1. The maximum absolute atomic E-state index is 13.2. The highest BCUT2D eigenvalue weighted by Crippen LogP contribution is 2.43. The largest absolute Gasteiger partial charge is 0.573 e. The smallest absolute Gasteiger partial charge is 0.405 e. The zero-order valence-corrected chi connectivity index (χ0v) is 21.9. The SMILES string of the molecule is CCS(=O)(=O)c1ccc(C(C)(CO)C(=O)Nc2cc(Cl)c(-c3ccccc3OC(F)(F)F)c(Cl)c2)cc1. The molecule has 0 bridgehead atoms. The van der Waals surface area contributed by atoms with Gasteiger partial charge in [-0.05, 0) is 42.8 Å². The number of nitrogens with one attached hydrogen (secondary N) is 1. The third-order valence-corrected chi connectivity index (χ3v) is 8.08. The minimum Gasteiger partial charge on any atom is -0.405 e. The molecule has 1 atom stereocenters. The molecular formula is C25H22Cl2F3NO5S. The lowest BCUT2D eigenvalue weighted by atomic mass is 9.82. The van der Waals surface area contributed by atoms with Crippen molar-refractivity contribution in [2.75, 3.05) is 17.7 Å². The van der Waals surface area contributed by atoms with Crippen molar-refractivity contribution in [1.82, 2.24) is 0 Å². The van der Waals surface area contributed by atoms with E-state index in [2.05, 4.69) is 10.1 Å². The second-order valence-electron chi connectivity index (χ2n) is 8.23. The van der Waals surface area contributed by atoms with Crippen LogP contribution in [0.2, 0.25) is 10.0 Å². The summed E-state index contributed by atoms with van der Waals surface area (Å²) in [4.78, 5) is 13.3. The number of hydrogen-bond acceptors (Lipinski definition) is 5. The van der Waals surface area contributed by atoms with E-state index < -0.39 is 39.9 Å². The molecule has 1 unspecified atom stereocenters. The number of amides is 1. The first kappa shape index (κ1) is 28.8. The summed E-state index contributed by atoms with van der Waals surface area (Å²) >= 11 is 12.7. The summed E-state index contributed by atoms with van der Waals surface area (Å²) in [5, 5.41) is 12.5. The molecule has 0 heterocycles. The van der Waals surface area contributed by atoms with E-state index in [-0.39, 0.29) is 37.5 Å². The highest BCUT2D eigenvalue weighted by Gasteiger charge is 2.36. The molecule has 0 saturated carbocycles. The Hall–Kier alpha value is -2.79. The first-order valence-corrected chi connectivity index (χ1v) is 13.2. The van der Waals surface area contributed by atoms with Crippen LogP contribution in [0.5, 0.6) is 5.75 Å².